The van der Waals surface area contributed by atoms with E-state index in [0.29, 0.717) is 11.1 Å². The van der Waals surface area contributed by atoms with E-state index in [-0.39, 0.29) is 23.6 Å². The maximum absolute atomic E-state index is 13.9. The zero-order valence-electron chi connectivity index (χ0n) is 20.6. The molecule has 0 aliphatic carbocycles. The van der Waals surface area contributed by atoms with Gasteiger partial charge < -0.3 is 10.2 Å². The van der Waals surface area contributed by atoms with Crippen molar-refractivity contribution in [3.8, 4) is 5.75 Å². The van der Waals surface area contributed by atoms with Gasteiger partial charge in [-0.1, -0.05) is 54.6 Å². The maximum Gasteiger partial charge on any atom is 0.325 e. The molecule has 0 saturated carbocycles. The Morgan fingerprint density at radius 3 is 2.21 bits per heavy atom. The molecule has 2 fully saturated rings. The summed E-state index contributed by atoms with van der Waals surface area (Å²) in [4.78, 5) is 53.3. The fourth-order valence-electron chi connectivity index (χ4n) is 5.46. The Hall–Kier alpha value is -4.56. The van der Waals surface area contributed by atoms with Crippen LogP contribution in [0.15, 0.2) is 84.9 Å². The number of fused-ring (bicyclic) bond motifs is 1. The third kappa shape index (κ3) is 4.29. The Morgan fingerprint density at radius 2 is 1.61 bits per heavy atom. The lowest BCUT2D eigenvalue weighted by Gasteiger charge is -2.31. The predicted octanol–water partition coefficient (Wildman–Crippen LogP) is 3.45. The molecule has 3 N–H and O–H groups in total. The van der Waals surface area contributed by atoms with E-state index in [1.807, 2.05) is 30.3 Å². The monoisotopic (exact) mass is 510 g/mol. The largest absolute Gasteiger partial charge is 0.508 e. The number of carboxylic acids is 1. The van der Waals surface area contributed by atoms with Crippen LogP contribution in [0, 0.1) is 11.8 Å². The summed E-state index contributed by atoms with van der Waals surface area (Å²) in [5.41, 5.74) is 0.410. The molecule has 2 aliphatic heterocycles. The third-order valence-electron chi connectivity index (χ3n) is 7.32. The fourth-order valence-corrected chi connectivity index (χ4v) is 5.46. The number of Topliss-reactive ketones (excluding diaryl/α,β-unsaturated/α-hetero) is 1. The first kappa shape index (κ1) is 25.1. The highest BCUT2D eigenvalue weighted by molar-refractivity contribution is 6.24. The summed E-state index contributed by atoms with van der Waals surface area (Å²) in [6.07, 6.45) is 3.47. The van der Waals surface area contributed by atoms with Crippen LogP contribution in [-0.2, 0) is 20.8 Å². The molecule has 4 atom stereocenters. The zero-order valence-corrected chi connectivity index (χ0v) is 20.6. The Labute approximate surface area is 219 Å². The van der Waals surface area contributed by atoms with E-state index >= 15 is 0 Å². The quantitative estimate of drug-likeness (QED) is 0.329. The third-order valence-corrected chi connectivity index (χ3v) is 7.32. The first-order chi connectivity index (χ1) is 18.2. The first-order valence-electron chi connectivity index (χ1n) is 12.2. The minimum absolute atomic E-state index is 0.0337. The Kier molecular flexibility index (Phi) is 6.42. The second kappa shape index (κ2) is 9.72. The van der Waals surface area contributed by atoms with Crippen molar-refractivity contribution in [3.05, 3.63) is 102 Å². The molecule has 2 heterocycles. The SMILES string of the molecule is CC(=O)c1ccc(N2C(=O)C3C(/C=C/c4ccccc4)NC(Cc4ccc(O)cc4)(C(=O)O)C3C2=O)cc1. The van der Waals surface area contributed by atoms with Crippen LogP contribution in [0.25, 0.3) is 6.08 Å². The minimum Gasteiger partial charge on any atom is -0.508 e. The highest BCUT2D eigenvalue weighted by Crippen LogP contribution is 2.46. The van der Waals surface area contributed by atoms with Gasteiger partial charge in [0.1, 0.15) is 11.3 Å². The molecular formula is C30H26N2O6. The van der Waals surface area contributed by atoms with Gasteiger partial charge in [0.25, 0.3) is 0 Å². The van der Waals surface area contributed by atoms with Gasteiger partial charge in [0.05, 0.1) is 17.5 Å². The van der Waals surface area contributed by atoms with Crippen molar-refractivity contribution in [1.82, 2.24) is 5.32 Å². The second-order valence-electron chi connectivity index (χ2n) is 9.68. The van der Waals surface area contributed by atoms with Gasteiger partial charge in [-0.3, -0.25) is 24.5 Å². The van der Waals surface area contributed by atoms with E-state index in [1.54, 1.807) is 24.3 Å². The van der Waals surface area contributed by atoms with E-state index in [0.717, 1.165) is 10.5 Å². The van der Waals surface area contributed by atoms with Crippen molar-refractivity contribution >= 4 is 35.3 Å². The molecule has 2 aliphatic rings. The molecule has 4 unspecified atom stereocenters. The topological polar surface area (TPSA) is 124 Å². The van der Waals surface area contributed by atoms with E-state index in [2.05, 4.69) is 5.32 Å². The molecule has 0 spiro atoms. The Bertz CT molecular complexity index is 1430. The van der Waals surface area contributed by atoms with Crippen molar-refractivity contribution in [3.63, 3.8) is 0 Å². The normalized spacial score (nSPS) is 24.7. The van der Waals surface area contributed by atoms with Crippen molar-refractivity contribution in [2.45, 2.75) is 24.9 Å². The number of carbonyl (C=O) groups excluding carboxylic acids is 3. The van der Waals surface area contributed by atoms with Gasteiger partial charge >= 0.3 is 5.97 Å². The number of anilines is 1. The molecule has 2 amide bonds. The summed E-state index contributed by atoms with van der Waals surface area (Å²) in [7, 11) is 0. The molecule has 38 heavy (non-hydrogen) atoms. The standard InChI is InChI=1S/C30H26N2O6/c1-18(33)21-10-12-22(13-11-21)32-27(35)25-24(16-9-19-5-3-2-4-6-19)31-30(29(37)38,26(25)28(32)36)17-20-7-14-23(34)15-8-20/h2-16,24-26,31,34H,17H2,1H3,(H,37,38)/b16-9+. The summed E-state index contributed by atoms with van der Waals surface area (Å²) >= 11 is 0. The predicted molar refractivity (Wildman–Crippen MR) is 140 cm³/mol. The smallest absolute Gasteiger partial charge is 0.325 e. The number of carboxylic acid groups (broad SMARTS) is 1. The van der Waals surface area contributed by atoms with Crippen molar-refractivity contribution in [2.24, 2.45) is 11.8 Å². The van der Waals surface area contributed by atoms with Crippen LogP contribution in [0.3, 0.4) is 0 Å². The number of benzene rings is 3. The number of aromatic hydroxyl groups is 1. The number of nitrogens with zero attached hydrogens (tertiary/aromatic N) is 1. The Balaban J connectivity index is 1.58. The number of phenolic OH excluding ortho intramolecular Hbond substituents is 1. The number of nitrogens with one attached hydrogen (secondary N) is 1. The van der Waals surface area contributed by atoms with E-state index in [4.69, 9.17) is 0 Å². The van der Waals surface area contributed by atoms with Crippen molar-refractivity contribution < 1.29 is 29.4 Å². The van der Waals surface area contributed by atoms with Gasteiger partial charge in [-0.15, -0.1) is 0 Å². The van der Waals surface area contributed by atoms with E-state index in [9.17, 15) is 29.4 Å². The number of ketones is 1. The highest BCUT2D eigenvalue weighted by atomic mass is 16.4. The van der Waals surface area contributed by atoms with Crippen LogP contribution in [0.5, 0.6) is 5.75 Å². The van der Waals surface area contributed by atoms with E-state index < -0.39 is 41.2 Å². The summed E-state index contributed by atoms with van der Waals surface area (Å²) in [5, 5.41) is 23.4. The number of hydrogen-bond acceptors (Lipinski definition) is 6. The van der Waals surface area contributed by atoms with Crippen molar-refractivity contribution in [1.29, 1.82) is 0 Å². The van der Waals surface area contributed by atoms with Crippen LogP contribution in [0.4, 0.5) is 5.69 Å². The van der Waals surface area contributed by atoms with Crippen LogP contribution in [0.2, 0.25) is 0 Å². The molecule has 3 aromatic carbocycles. The molecule has 0 aromatic heterocycles. The van der Waals surface area contributed by atoms with Gasteiger partial charge in [0.2, 0.25) is 11.8 Å². The number of imide groups is 1. The molecule has 0 bridgehead atoms. The number of phenols is 1. The summed E-state index contributed by atoms with van der Waals surface area (Å²) in [6.45, 7) is 1.42. The van der Waals surface area contributed by atoms with Crippen LogP contribution < -0.4 is 10.2 Å². The van der Waals surface area contributed by atoms with Crippen LogP contribution >= 0.6 is 0 Å². The Morgan fingerprint density at radius 1 is 0.947 bits per heavy atom. The average Bonchev–Trinajstić information content (AvgIpc) is 3.38. The fraction of sp³-hybridized carbons (Fsp3) is 0.200. The lowest BCUT2D eigenvalue weighted by atomic mass is 9.76. The second-order valence-corrected chi connectivity index (χ2v) is 9.68. The number of aliphatic carboxylic acids is 1. The zero-order chi connectivity index (χ0) is 27.0. The first-order valence-corrected chi connectivity index (χ1v) is 12.2. The molecule has 0 radical (unpaired) electrons. The van der Waals surface area contributed by atoms with Gasteiger partial charge in [0, 0.05) is 18.0 Å². The molecule has 3 aromatic rings. The van der Waals surface area contributed by atoms with Crippen LogP contribution in [-0.4, -0.2) is 45.4 Å². The van der Waals surface area contributed by atoms with Gasteiger partial charge in [0.15, 0.2) is 5.78 Å². The maximum atomic E-state index is 13.9. The molecule has 5 rings (SSSR count). The lowest BCUT2D eigenvalue weighted by Crippen LogP contribution is -2.58. The van der Waals surface area contributed by atoms with Crippen LogP contribution in [0.1, 0.15) is 28.4 Å². The highest BCUT2D eigenvalue weighted by Gasteiger charge is 2.68. The van der Waals surface area contributed by atoms with E-state index in [1.165, 1.54) is 43.3 Å². The minimum atomic E-state index is -1.77. The molecule has 192 valence electrons. The van der Waals surface area contributed by atoms with Gasteiger partial charge in [-0.25, -0.2) is 4.90 Å². The van der Waals surface area contributed by atoms with Gasteiger partial charge in [-0.2, -0.15) is 0 Å². The number of hydrogen-bond donors (Lipinski definition) is 3. The molecular weight excluding hydrogens is 484 g/mol. The van der Waals surface area contributed by atoms with Gasteiger partial charge in [-0.05, 0) is 54.4 Å². The number of rotatable bonds is 7. The van der Waals surface area contributed by atoms with Crippen molar-refractivity contribution in [2.75, 3.05) is 4.90 Å². The summed E-state index contributed by atoms with van der Waals surface area (Å²) in [5.74, 6) is -4.61. The number of carbonyl (C=O) groups is 4. The summed E-state index contributed by atoms with van der Waals surface area (Å²) in [6, 6.07) is 20.9. The molecule has 2 saturated heterocycles. The lowest BCUT2D eigenvalue weighted by molar-refractivity contribution is -0.148. The number of amides is 2. The average molecular weight is 511 g/mol. The molecule has 8 nitrogen and oxygen atoms in total. The summed E-state index contributed by atoms with van der Waals surface area (Å²) < 4.78 is 0. The molecule has 8 heteroatoms.